The van der Waals surface area contributed by atoms with Crippen LogP contribution in [0.2, 0.25) is 10.0 Å². The molecule has 0 saturated carbocycles. The minimum Gasteiger partial charge on any atom is -0.393 e. The number of hydrogen-bond donors (Lipinski definition) is 1. The maximum Gasteiger partial charge on any atom is 0.0583 e. The molecule has 102 valence electrons. The van der Waals surface area contributed by atoms with Crippen molar-refractivity contribution in [2.75, 3.05) is 0 Å². The molecule has 1 N–H and O–H groups in total. The van der Waals surface area contributed by atoms with Crippen LogP contribution in [0.5, 0.6) is 0 Å². The Morgan fingerprint density at radius 2 is 1.83 bits per heavy atom. The van der Waals surface area contributed by atoms with Crippen molar-refractivity contribution < 1.29 is 5.11 Å². The van der Waals surface area contributed by atoms with Crippen LogP contribution in [-0.2, 0) is 6.42 Å². The molecule has 1 rings (SSSR count). The molecule has 0 bridgehead atoms. The highest BCUT2D eigenvalue weighted by atomic mass is 35.5. The lowest BCUT2D eigenvalue weighted by atomic mass is 9.78. The van der Waals surface area contributed by atoms with Crippen LogP contribution in [0.1, 0.15) is 39.7 Å². The van der Waals surface area contributed by atoms with Gasteiger partial charge in [-0.3, -0.25) is 0 Å². The number of halogens is 2. The van der Waals surface area contributed by atoms with Gasteiger partial charge in [-0.25, -0.2) is 0 Å². The Labute approximate surface area is 120 Å². The summed E-state index contributed by atoms with van der Waals surface area (Å²) in [6.07, 6.45) is 0.997. The lowest BCUT2D eigenvalue weighted by molar-refractivity contribution is 0.110. The highest BCUT2D eigenvalue weighted by Crippen LogP contribution is 2.30. The number of aliphatic hydroxyl groups excluding tert-OH is 1. The Bertz CT molecular complexity index is 396. The molecular weight excluding hydrogens is 267 g/mol. The van der Waals surface area contributed by atoms with E-state index in [1.54, 1.807) is 6.07 Å². The van der Waals surface area contributed by atoms with Crippen molar-refractivity contribution in [1.29, 1.82) is 0 Å². The number of hydrogen-bond acceptors (Lipinski definition) is 1. The Balaban J connectivity index is 2.62. The summed E-state index contributed by atoms with van der Waals surface area (Å²) in [6, 6.07) is 5.41. The lowest BCUT2D eigenvalue weighted by Crippen LogP contribution is -2.24. The molecule has 0 aliphatic heterocycles. The van der Waals surface area contributed by atoms with E-state index in [2.05, 4.69) is 27.7 Å². The van der Waals surface area contributed by atoms with Crippen molar-refractivity contribution in [3.8, 4) is 0 Å². The predicted octanol–water partition coefficient (Wildman–Crippen LogP) is 4.97. The van der Waals surface area contributed by atoms with E-state index >= 15 is 0 Å². The smallest absolute Gasteiger partial charge is 0.0583 e. The number of aliphatic hydroxyl groups is 1. The molecule has 1 aromatic rings. The second kappa shape index (κ2) is 6.27. The molecule has 2 atom stereocenters. The minimum absolute atomic E-state index is 0.213. The zero-order chi connectivity index (χ0) is 13.9. The first kappa shape index (κ1) is 15.8. The van der Waals surface area contributed by atoms with Crippen LogP contribution in [0.15, 0.2) is 18.2 Å². The van der Waals surface area contributed by atoms with Gasteiger partial charge in [0.1, 0.15) is 0 Å². The van der Waals surface area contributed by atoms with Crippen LogP contribution in [0.25, 0.3) is 0 Å². The van der Waals surface area contributed by atoms with Gasteiger partial charge in [0, 0.05) is 10.0 Å². The fourth-order valence-electron chi connectivity index (χ4n) is 1.79. The van der Waals surface area contributed by atoms with Crippen molar-refractivity contribution in [2.24, 2.45) is 11.3 Å². The summed E-state index contributed by atoms with van der Waals surface area (Å²) < 4.78 is 0. The molecule has 3 heteroatoms. The summed E-state index contributed by atoms with van der Waals surface area (Å²) >= 11 is 12.0. The largest absolute Gasteiger partial charge is 0.393 e. The average Bonchev–Trinajstić information content (AvgIpc) is 2.20. The molecular formula is C15H22Cl2O. The van der Waals surface area contributed by atoms with Crippen molar-refractivity contribution in [2.45, 2.75) is 46.6 Å². The average molecular weight is 289 g/mol. The van der Waals surface area contributed by atoms with E-state index in [-0.39, 0.29) is 11.5 Å². The highest BCUT2D eigenvalue weighted by Gasteiger charge is 2.23. The van der Waals surface area contributed by atoms with Gasteiger partial charge in [0.15, 0.2) is 0 Å². The fraction of sp³-hybridized carbons (Fsp3) is 0.600. The Morgan fingerprint density at radius 3 is 2.33 bits per heavy atom. The third-order valence-corrected chi connectivity index (χ3v) is 4.16. The summed E-state index contributed by atoms with van der Waals surface area (Å²) in [7, 11) is 0. The van der Waals surface area contributed by atoms with Crippen molar-refractivity contribution in [3.05, 3.63) is 33.8 Å². The van der Waals surface area contributed by atoms with Gasteiger partial charge in [-0.2, -0.15) is 0 Å². The van der Waals surface area contributed by atoms with E-state index in [0.717, 1.165) is 12.0 Å². The molecule has 18 heavy (non-hydrogen) atoms. The Kier molecular flexibility index (Phi) is 5.51. The molecule has 2 unspecified atom stereocenters. The zero-order valence-corrected chi connectivity index (χ0v) is 13.0. The maximum atomic E-state index is 10.1. The van der Waals surface area contributed by atoms with Crippen LogP contribution in [-0.4, -0.2) is 11.2 Å². The molecule has 0 aliphatic carbocycles. The van der Waals surface area contributed by atoms with Crippen molar-refractivity contribution >= 4 is 23.2 Å². The second-order valence-corrected chi connectivity index (χ2v) is 6.94. The molecule has 0 spiro atoms. The van der Waals surface area contributed by atoms with Gasteiger partial charge < -0.3 is 5.11 Å². The van der Waals surface area contributed by atoms with E-state index in [1.165, 1.54) is 0 Å². The quantitative estimate of drug-likeness (QED) is 0.829. The zero-order valence-electron chi connectivity index (χ0n) is 11.5. The van der Waals surface area contributed by atoms with E-state index in [0.29, 0.717) is 22.4 Å². The Morgan fingerprint density at radius 1 is 1.22 bits per heavy atom. The molecule has 0 saturated heterocycles. The lowest BCUT2D eigenvalue weighted by Gasteiger charge is -2.29. The first-order chi connectivity index (χ1) is 8.20. The minimum atomic E-state index is -0.363. The third kappa shape index (κ3) is 4.79. The van der Waals surface area contributed by atoms with Crippen LogP contribution in [0.3, 0.4) is 0 Å². The van der Waals surface area contributed by atoms with Crippen molar-refractivity contribution in [1.82, 2.24) is 0 Å². The summed E-state index contributed by atoms with van der Waals surface area (Å²) in [5, 5.41) is 11.4. The summed E-state index contributed by atoms with van der Waals surface area (Å²) in [6.45, 7) is 8.76. The van der Waals surface area contributed by atoms with Gasteiger partial charge in [0.05, 0.1) is 6.10 Å². The van der Waals surface area contributed by atoms with E-state index < -0.39 is 0 Å². The monoisotopic (exact) mass is 288 g/mol. The SMILES string of the molecule is CC(CC(O)Cc1ccc(Cl)cc1Cl)C(C)(C)C. The molecule has 0 heterocycles. The van der Waals surface area contributed by atoms with Gasteiger partial charge in [-0.05, 0) is 41.9 Å². The van der Waals surface area contributed by atoms with Gasteiger partial charge in [0.25, 0.3) is 0 Å². The molecule has 1 nitrogen and oxygen atoms in total. The third-order valence-electron chi connectivity index (χ3n) is 3.57. The summed E-state index contributed by atoms with van der Waals surface area (Å²) in [5.74, 6) is 0.457. The summed E-state index contributed by atoms with van der Waals surface area (Å²) in [4.78, 5) is 0. The number of benzene rings is 1. The maximum absolute atomic E-state index is 10.1. The van der Waals surface area contributed by atoms with Crippen LogP contribution >= 0.6 is 23.2 Å². The molecule has 0 aliphatic rings. The van der Waals surface area contributed by atoms with E-state index in [1.807, 2.05) is 12.1 Å². The van der Waals surface area contributed by atoms with E-state index in [4.69, 9.17) is 23.2 Å². The fourth-order valence-corrected chi connectivity index (χ4v) is 2.27. The van der Waals surface area contributed by atoms with Gasteiger partial charge in [-0.15, -0.1) is 0 Å². The van der Waals surface area contributed by atoms with Crippen LogP contribution in [0, 0.1) is 11.3 Å². The first-order valence-electron chi connectivity index (χ1n) is 6.32. The highest BCUT2D eigenvalue weighted by molar-refractivity contribution is 6.35. The van der Waals surface area contributed by atoms with Crippen molar-refractivity contribution in [3.63, 3.8) is 0 Å². The molecule has 0 radical (unpaired) electrons. The van der Waals surface area contributed by atoms with Gasteiger partial charge >= 0.3 is 0 Å². The first-order valence-corrected chi connectivity index (χ1v) is 7.07. The summed E-state index contributed by atoms with van der Waals surface area (Å²) in [5.41, 5.74) is 1.17. The topological polar surface area (TPSA) is 20.2 Å². The Hall–Kier alpha value is -0.240. The molecule has 1 aromatic carbocycles. The molecule has 0 fully saturated rings. The van der Waals surface area contributed by atoms with Gasteiger partial charge in [-0.1, -0.05) is 57.0 Å². The predicted molar refractivity (Wildman–Crippen MR) is 79.4 cm³/mol. The second-order valence-electron chi connectivity index (χ2n) is 6.10. The van der Waals surface area contributed by atoms with Crippen LogP contribution in [0.4, 0.5) is 0 Å². The number of rotatable bonds is 4. The van der Waals surface area contributed by atoms with Gasteiger partial charge in [0.2, 0.25) is 0 Å². The molecule has 0 amide bonds. The standard InChI is InChI=1S/C15H22Cl2O/c1-10(15(2,3)4)7-13(18)8-11-5-6-12(16)9-14(11)17/h5-6,9-10,13,18H,7-8H2,1-4H3. The van der Waals surface area contributed by atoms with Crippen LogP contribution < -0.4 is 0 Å². The normalized spacial score (nSPS) is 15.5. The molecule has 0 aromatic heterocycles. The van der Waals surface area contributed by atoms with E-state index in [9.17, 15) is 5.11 Å².